The molecule has 1 amide bonds. The predicted molar refractivity (Wildman–Crippen MR) is 79.9 cm³/mol. The normalized spacial score (nSPS) is 10.4. The lowest BCUT2D eigenvalue weighted by Crippen LogP contribution is -2.25. The fraction of sp³-hybridized carbons (Fsp3) is 0.643. The second kappa shape index (κ2) is 8.28. The Bertz CT molecular complexity index is 497. The van der Waals surface area contributed by atoms with Gasteiger partial charge in [-0.3, -0.25) is 4.79 Å². The van der Waals surface area contributed by atoms with Gasteiger partial charge in [0.2, 0.25) is 5.91 Å². The number of nitrogen functional groups attached to an aromatic ring is 1. The number of carbonyl (C=O) groups is 2. The minimum absolute atomic E-state index is 0.0373. The van der Waals surface area contributed by atoms with Gasteiger partial charge in [-0.1, -0.05) is 13.8 Å². The van der Waals surface area contributed by atoms with Crippen LogP contribution in [0.2, 0.25) is 0 Å². The average molecular weight is 296 g/mol. The number of amides is 1. The van der Waals surface area contributed by atoms with E-state index in [2.05, 4.69) is 10.3 Å². The summed E-state index contributed by atoms with van der Waals surface area (Å²) in [6.07, 6.45) is 1.82. The zero-order chi connectivity index (χ0) is 15.8. The highest BCUT2D eigenvalue weighted by molar-refractivity contribution is 5.92. The molecule has 1 rings (SSSR count). The van der Waals surface area contributed by atoms with Gasteiger partial charge >= 0.3 is 5.97 Å². The van der Waals surface area contributed by atoms with Crippen LogP contribution in [0.25, 0.3) is 0 Å². The molecule has 0 unspecified atom stereocenters. The second-order valence-corrected chi connectivity index (χ2v) is 4.59. The minimum atomic E-state index is -0.529. The molecule has 7 heteroatoms. The Hall–Kier alpha value is -2.05. The maximum absolute atomic E-state index is 11.8. The van der Waals surface area contributed by atoms with Crippen LogP contribution in [-0.4, -0.2) is 34.6 Å². The summed E-state index contributed by atoms with van der Waals surface area (Å²) in [5, 5.41) is 2.80. The zero-order valence-electron chi connectivity index (χ0n) is 12.9. The van der Waals surface area contributed by atoms with E-state index in [-0.39, 0.29) is 24.0 Å². The highest BCUT2D eigenvalue weighted by Crippen LogP contribution is 2.17. The lowest BCUT2D eigenvalue weighted by Gasteiger charge is -2.09. The number of aryl methyl sites for hydroxylation is 1. The fourth-order valence-electron chi connectivity index (χ4n) is 1.95. The molecular formula is C14H24N4O3. The molecule has 0 saturated carbocycles. The van der Waals surface area contributed by atoms with Crippen molar-refractivity contribution in [3.8, 4) is 0 Å². The third-order valence-corrected chi connectivity index (χ3v) is 3.01. The van der Waals surface area contributed by atoms with E-state index in [0.29, 0.717) is 31.8 Å². The fourth-order valence-corrected chi connectivity index (χ4v) is 1.95. The Morgan fingerprint density at radius 1 is 1.33 bits per heavy atom. The molecular weight excluding hydrogens is 272 g/mol. The maximum atomic E-state index is 11.8. The average Bonchev–Trinajstić information content (AvgIpc) is 2.79. The molecule has 0 spiro atoms. The van der Waals surface area contributed by atoms with Gasteiger partial charge in [0.25, 0.3) is 0 Å². The molecule has 0 aromatic carbocycles. The monoisotopic (exact) mass is 296 g/mol. The van der Waals surface area contributed by atoms with E-state index in [1.807, 2.05) is 13.8 Å². The summed E-state index contributed by atoms with van der Waals surface area (Å²) in [4.78, 5) is 27.6. The molecule has 1 heterocycles. The Labute approximate surface area is 124 Å². The topological polar surface area (TPSA) is 99.2 Å². The quantitative estimate of drug-likeness (QED) is 0.700. The van der Waals surface area contributed by atoms with Crippen molar-refractivity contribution in [1.29, 1.82) is 0 Å². The maximum Gasteiger partial charge on any atom is 0.360 e. The van der Waals surface area contributed by atoms with Crippen LogP contribution in [0.5, 0.6) is 0 Å². The first-order valence-corrected chi connectivity index (χ1v) is 7.33. The molecule has 0 aliphatic carbocycles. The zero-order valence-corrected chi connectivity index (χ0v) is 12.9. The number of hydrogen-bond donors (Lipinski definition) is 2. The van der Waals surface area contributed by atoms with Gasteiger partial charge in [0.1, 0.15) is 11.6 Å². The van der Waals surface area contributed by atoms with Gasteiger partial charge in [-0.2, -0.15) is 0 Å². The third kappa shape index (κ3) is 4.47. The van der Waals surface area contributed by atoms with E-state index in [4.69, 9.17) is 10.5 Å². The smallest absolute Gasteiger partial charge is 0.360 e. The number of carbonyl (C=O) groups excluding carboxylic acids is 2. The first kappa shape index (κ1) is 17.0. The van der Waals surface area contributed by atoms with Gasteiger partial charge in [0.05, 0.1) is 6.61 Å². The van der Waals surface area contributed by atoms with Crippen molar-refractivity contribution in [1.82, 2.24) is 14.9 Å². The molecule has 3 N–H and O–H groups in total. The van der Waals surface area contributed by atoms with E-state index in [9.17, 15) is 9.59 Å². The second-order valence-electron chi connectivity index (χ2n) is 4.59. The lowest BCUT2D eigenvalue weighted by molar-refractivity contribution is -0.121. The number of hydrogen-bond acceptors (Lipinski definition) is 5. The number of esters is 1. The molecule has 118 valence electrons. The summed E-state index contributed by atoms with van der Waals surface area (Å²) in [6.45, 7) is 6.97. The Morgan fingerprint density at radius 2 is 2.05 bits per heavy atom. The SMILES string of the molecule is CCCNC(=O)CCn1c(CC)nc(C(=O)OCC)c1N. The molecule has 0 saturated heterocycles. The number of anilines is 1. The molecule has 21 heavy (non-hydrogen) atoms. The summed E-state index contributed by atoms with van der Waals surface area (Å²) in [7, 11) is 0. The van der Waals surface area contributed by atoms with Crippen LogP contribution in [0.15, 0.2) is 0 Å². The van der Waals surface area contributed by atoms with Crippen LogP contribution in [0, 0.1) is 0 Å². The minimum Gasteiger partial charge on any atom is -0.461 e. The lowest BCUT2D eigenvalue weighted by atomic mass is 10.3. The van der Waals surface area contributed by atoms with Crippen LogP contribution in [0.4, 0.5) is 5.82 Å². The number of rotatable bonds is 8. The summed E-state index contributed by atoms with van der Waals surface area (Å²) in [5.74, 6) is 0.371. The molecule has 0 radical (unpaired) electrons. The summed E-state index contributed by atoms with van der Waals surface area (Å²) >= 11 is 0. The number of nitrogens with two attached hydrogens (primary N) is 1. The summed E-state index contributed by atoms with van der Waals surface area (Å²) in [5.41, 5.74) is 6.09. The predicted octanol–water partition coefficient (Wildman–Crippen LogP) is 1.12. The van der Waals surface area contributed by atoms with Crippen molar-refractivity contribution in [2.45, 2.75) is 46.6 Å². The van der Waals surface area contributed by atoms with Crippen LogP contribution >= 0.6 is 0 Å². The van der Waals surface area contributed by atoms with E-state index in [0.717, 1.165) is 6.42 Å². The number of aromatic nitrogens is 2. The first-order valence-electron chi connectivity index (χ1n) is 7.33. The molecule has 0 fully saturated rings. The highest BCUT2D eigenvalue weighted by Gasteiger charge is 2.20. The number of nitrogens with zero attached hydrogens (tertiary/aromatic N) is 2. The van der Waals surface area contributed by atoms with Crippen LogP contribution in [0.3, 0.4) is 0 Å². The van der Waals surface area contributed by atoms with Crippen molar-refractivity contribution in [2.75, 3.05) is 18.9 Å². The van der Waals surface area contributed by atoms with Crippen molar-refractivity contribution in [2.24, 2.45) is 0 Å². The van der Waals surface area contributed by atoms with E-state index in [1.165, 1.54) is 0 Å². The van der Waals surface area contributed by atoms with Gasteiger partial charge in [0.15, 0.2) is 5.69 Å². The molecule has 7 nitrogen and oxygen atoms in total. The largest absolute Gasteiger partial charge is 0.461 e. The summed E-state index contributed by atoms with van der Waals surface area (Å²) in [6, 6.07) is 0. The Morgan fingerprint density at radius 3 is 2.62 bits per heavy atom. The first-order chi connectivity index (χ1) is 10.0. The van der Waals surface area contributed by atoms with Gasteiger partial charge in [-0.15, -0.1) is 0 Å². The standard InChI is InChI=1S/C14H24N4O3/c1-4-8-16-11(19)7-9-18-10(5-2)17-12(13(18)15)14(20)21-6-3/h4-9,15H2,1-3H3,(H,16,19). The van der Waals surface area contributed by atoms with E-state index < -0.39 is 5.97 Å². The van der Waals surface area contributed by atoms with Crippen LogP contribution < -0.4 is 11.1 Å². The molecule has 1 aromatic heterocycles. The third-order valence-electron chi connectivity index (χ3n) is 3.01. The number of imidazole rings is 1. The van der Waals surface area contributed by atoms with Gasteiger partial charge in [0, 0.05) is 25.9 Å². The van der Waals surface area contributed by atoms with Crippen molar-refractivity contribution in [3.63, 3.8) is 0 Å². The number of ether oxygens (including phenoxy) is 1. The van der Waals surface area contributed by atoms with Crippen LogP contribution in [0.1, 0.15) is 49.9 Å². The van der Waals surface area contributed by atoms with Gasteiger partial charge < -0.3 is 20.4 Å². The summed E-state index contributed by atoms with van der Waals surface area (Å²) < 4.78 is 6.63. The van der Waals surface area contributed by atoms with Gasteiger partial charge in [-0.05, 0) is 13.3 Å². The molecule has 0 bridgehead atoms. The van der Waals surface area contributed by atoms with Gasteiger partial charge in [-0.25, -0.2) is 9.78 Å². The molecule has 0 aliphatic rings. The molecule has 0 atom stereocenters. The number of nitrogens with one attached hydrogen (secondary N) is 1. The van der Waals surface area contributed by atoms with Crippen molar-refractivity contribution >= 4 is 17.7 Å². The van der Waals surface area contributed by atoms with Crippen LogP contribution in [-0.2, 0) is 22.5 Å². The molecule has 1 aromatic rings. The van der Waals surface area contributed by atoms with Crippen molar-refractivity contribution < 1.29 is 14.3 Å². The highest BCUT2D eigenvalue weighted by atomic mass is 16.5. The van der Waals surface area contributed by atoms with E-state index >= 15 is 0 Å². The Balaban J connectivity index is 2.81. The van der Waals surface area contributed by atoms with Crippen molar-refractivity contribution in [3.05, 3.63) is 11.5 Å². The van der Waals surface area contributed by atoms with E-state index in [1.54, 1.807) is 11.5 Å². The Kier molecular flexibility index (Phi) is 6.71. The molecule has 0 aliphatic heterocycles.